The van der Waals surface area contributed by atoms with Crippen molar-refractivity contribution in [1.29, 1.82) is 0 Å². The van der Waals surface area contributed by atoms with Gasteiger partial charge in [0.1, 0.15) is 5.78 Å². The lowest BCUT2D eigenvalue weighted by atomic mass is 9.79. The SMILES string of the molecule is O=C1CC(C(CCO)OCc2ccccc2)C1. The first-order chi connectivity index (χ1) is 8.29. The third-order valence-electron chi connectivity index (χ3n) is 3.23. The van der Waals surface area contributed by atoms with Gasteiger partial charge in [-0.15, -0.1) is 0 Å². The van der Waals surface area contributed by atoms with Crippen LogP contribution >= 0.6 is 0 Å². The minimum absolute atomic E-state index is 0.0120. The summed E-state index contributed by atoms with van der Waals surface area (Å²) in [6.07, 6.45) is 1.85. The highest BCUT2D eigenvalue weighted by atomic mass is 16.5. The molecule has 0 saturated heterocycles. The van der Waals surface area contributed by atoms with Crippen molar-refractivity contribution < 1.29 is 14.6 Å². The molecule has 1 aromatic rings. The van der Waals surface area contributed by atoms with E-state index in [2.05, 4.69) is 0 Å². The van der Waals surface area contributed by atoms with Crippen LogP contribution in [0.15, 0.2) is 30.3 Å². The number of ketones is 1. The van der Waals surface area contributed by atoms with Crippen LogP contribution < -0.4 is 0 Å². The number of carbonyl (C=O) groups excluding carboxylic acids is 1. The van der Waals surface area contributed by atoms with Crippen molar-refractivity contribution in [1.82, 2.24) is 0 Å². The fourth-order valence-corrected chi connectivity index (χ4v) is 2.15. The molecule has 92 valence electrons. The highest BCUT2D eigenvalue weighted by Crippen LogP contribution is 2.30. The van der Waals surface area contributed by atoms with Crippen LogP contribution in [0.25, 0.3) is 0 Å². The van der Waals surface area contributed by atoms with E-state index in [1.165, 1.54) is 0 Å². The molecular formula is C14H18O3. The summed E-state index contributed by atoms with van der Waals surface area (Å²) in [6, 6.07) is 9.96. The second kappa shape index (κ2) is 5.94. The van der Waals surface area contributed by atoms with Gasteiger partial charge in [-0.05, 0) is 17.9 Å². The Bertz CT molecular complexity index is 353. The number of hydrogen-bond donors (Lipinski definition) is 1. The second-order valence-corrected chi connectivity index (χ2v) is 4.55. The molecule has 0 heterocycles. The molecule has 0 aromatic heterocycles. The first-order valence-corrected chi connectivity index (χ1v) is 6.07. The van der Waals surface area contributed by atoms with Crippen LogP contribution in [-0.2, 0) is 16.1 Å². The Morgan fingerprint density at radius 1 is 1.29 bits per heavy atom. The van der Waals surface area contributed by atoms with Gasteiger partial charge in [0.25, 0.3) is 0 Å². The monoisotopic (exact) mass is 234 g/mol. The molecule has 1 aromatic carbocycles. The zero-order chi connectivity index (χ0) is 12.1. The highest BCUT2D eigenvalue weighted by Gasteiger charge is 2.33. The molecule has 0 bridgehead atoms. The van der Waals surface area contributed by atoms with Gasteiger partial charge >= 0.3 is 0 Å². The van der Waals surface area contributed by atoms with Crippen molar-refractivity contribution in [3.05, 3.63) is 35.9 Å². The molecule has 1 aliphatic carbocycles. The Morgan fingerprint density at radius 2 is 2.00 bits per heavy atom. The fraction of sp³-hybridized carbons (Fsp3) is 0.500. The van der Waals surface area contributed by atoms with Gasteiger partial charge in [0.05, 0.1) is 12.7 Å². The average molecular weight is 234 g/mol. The van der Waals surface area contributed by atoms with E-state index < -0.39 is 0 Å². The number of benzene rings is 1. The van der Waals surface area contributed by atoms with Crippen LogP contribution in [0, 0.1) is 5.92 Å². The van der Waals surface area contributed by atoms with Crippen LogP contribution in [0.3, 0.4) is 0 Å². The minimum Gasteiger partial charge on any atom is -0.396 e. The summed E-state index contributed by atoms with van der Waals surface area (Å²) in [4.78, 5) is 11.0. The van der Waals surface area contributed by atoms with E-state index in [1.54, 1.807) is 0 Å². The number of rotatable bonds is 6. The normalized spacial score (nSPS) is 17.8. The van der Waals surface area contributed by atoms with Crippen LogP contribution in [-0.4, -0.2) is 23.6 Å². The predicted molar refractivity (Wildman–Crippen MR) is 64.5 cm³/mol. The van der Waals surface area contributed by atoms with E-state index in [4.69, 9.17) is 9.84 Å². The van der Waals surface area contributed by atoms with Crippen molar-refractivity contribution in [2.24, 2.45) is 5.92 Å². The molecule has 1 aliphatic rings. The average Bonchev–Trinajstić information content (AvgIpc) is 2.32. The Labute approximate surface area is 101 Å². The van der Waals surface area contributed by atoms with E-state index in [0.717, 1.165) is 5.56 Å². The fourth-order valence-electron chi connectivity index (χ4n) is 2.15. The van der Waals surface area contributed by atoms with Crippen LogP contribution in [0.1, 0.15) is 24.8 Å². The topological polar surface area (TPSA) is 46.5 Å². The summed E-state index contributed by atoms with van der Waals surface area (Å²) >= 11 is 0. The lowest BCUT2D eigenvalue weighted by Gasteiger charge is -2.32. The number of aliphatic hydroxyl groups excluding tert-OH is 1. The van der Waals surface area contributed by atoms with E-state index >= 15 is 0 Å². The van der Waals surface area contributed by atoms with Crippen molar-refractivity contribution in [3.8, 4) is 0 Å². The van der Waals surface area contributed by atoms with E-state index in [0.29, 0.717) is 37.6 Å². The van der Waals surface area contributed by atoms with Gasteiger partial charge in [0.2, 0.25) is 0 Å². The van der Waals surface area contributed by atoms with Crippen LogP contribution in [0.5, 0.6) is 0 Å². The van der Waals surface area contributed by atoms with Crippen molar-refractivity contribution in [3.63, 3.8) is 0 Å². The largest absolute Gasteiger partial charge is 0.396 e. The molecule has 0 aliphatic heterocycles. The van der Waals surface area contributed by atoms with Gasteiger partial charge in [-0.25, -0.2) is 0 Å². The molecular weight excluding hydrogens is 216 g/mol. The number of ether oxygens (including phenoxy) is 1. The van der Waals surface area contributed by atoms with Crippen molar-refractivity contribution in [2.45, 2.75) is 32.0 Å². The smallest absolute Gasteiger partial charge is 0.133 e. The molecule has 17 heavy (non-hydrogen) atoms. The Hall–Kier alpha value is -1.19. The lowest BCUT2D eigenvalue weighted by molar-refractivity contribution is -0.133. The predicted octanol–water partition coefficient (Wildman–Crippen LogP) is 1.93. The summed E-state index contributed by atoms with van der Waals surface area (Å²) in [6.45, 7) is 0.667. The maximum Gasteiger partial charge on any atom is 0.133 e. The minimum atomic E-state index is 0.0120. The zero-order valence-electron chi connectivity index (χ0n) is 9.84. The highest BCUT2D eigenvalue weighted by molar-refractivity contribution is 5.84. The van der Waals surface area contributed by atoms with Gasteiger partial charge in [-0.3, -0.25) is 4.79 Å². The molecule has 3 nitrogen and oxygen atoms in total. The molecule has 3 heteroatoms. The maximum absolute atomic E-state index is 11.0. The molecule has 0 amide bonds. The Balaban J connectivity index is 1.83. The quantitative estimate of drug-likeness (QED) is 0.818. The standard InChI is InChI=1S/C14H18O3/c15-7-6-14(12-8-13(16)9-12)17-10-11-4-2-1-3-5-11/h1-5,12,14-15H,6-10H2. The zero-order valence-corrected chi connectivity index (χ0v) is 9.84. The van der Waals surface area contributed by atoms with Crippen molar-refractivity contribution in [2.75, 3.05) is 6.61 Å². The molecule has 1 N–H and O–H groups in total. The Morgan fingerprint density at radius 3 is 2.59 bits per heavy atom. The number of hydrogen-bond acceptors (Lipinski definition) is 3. The number of Topliss-reactive ketones (excluding diaryl/α,β-unsaturated/α-hetero) is 1. The Kier molecular flexibility index (Phi) is 4.29. The molecule has 1 fully saturated rings. The van der Waals surface area contributed by atoms with E-state index in [1.807, 2.05) is 30.3 Å². The molecule has 1 unspecified atom stereocenters. The first kappa shape index (κ1) is 12.3. The van der Waals surface area contributed by atoms with Gasteiger partial charge in [0.15, 0.2) is 0 Å². The molecule has 1 atom stereocenters. The molecule has 0 radical (unpaired) electrons. The van der Waals surface area contributed by atoms with Crippen LogP contribution in [0.2, 0.25) is 0 Å². The second-order valence-electron chi connectivity index (χ2n) is 4.55. The lowest BCUT2D eigenvalue weighted by Crippen LogP contribution is -2.36. The number of carbonyl (C=O) groups is 1. The summed E-state index contributed by atoms with van der Waals surface area (Å²) < 4.78 is 5.81. The van der Waals surface area contributed by atoms with Crippen molar-refractivity contribution >= 4 is 5.78 Å². The molecule has 1 saturated carbocycles. The van der Waals surface area contributed by atoms with E-state index in [9.17, 15) is 4.79 Å². The van der Waals surface area contributed by atoms with E-state index in [-0.39, 0.29) is 12.7 Å². The molecule has 2 rings (SSSR count). The summed E-state index contributed by atoms with van der Waals surface area (Å²) in [5, 5.41) is 9.00. The van der Waals surface area contributed by atoms with Gasteiger partial charge in [-0.1, -0.05) is 30.3 Å². The third-order valence-corrected chi connectivity index (χ3v) is 3.23. The van der Waals surface area contributed by atoms with Crippen LogP contribution in [0.4, 0.5) is 0 Å². The maximum atomic E-state index is 11.0. The number of aliphatic hydroxyl groups is 1. The first-order valence-electron chi connectivity index (χ1n) is 6.07. The van der Waals surface area contributed by atoms with Gasteiger partial charge in [0, 0.05) is 19.4 Å². The summed E-state index contributed by atoms with van der Waals surface area (Å²) in [5.74, 6) is 0.611. The van der Waals surface area contributed by atoms with Gasteiger partial charge in [-0.2, -0.15) is 0 Å². The summed E-state index contributed by atoms with van der Waals surface area (Å²) in [5.41, 5.74) is 1.13. The summed E-state index contributed by atoms with van der Waals surface area (Å²) in [7, 11) is 0. The van der Waals surface area contributed by atoms with Gasteiger partial charge < -0.3 is 9.84 Å². The third kappa shape index (κ3) is 3.38. The molecule has 0 spiro atoms.